The molecule has 2 aromatic carbocycles. The number of hydrogen-bond donors (Lipinski definition) is 2. The first-order valence-electron chi connectivity index (χ1n) is 8.74. The Balaban J connectivity index is 1.44. The van der Waals surface area contributed by atoms with Crippen molar-refractivity contribution in [2.45, 2.75) is 25.7 Å². The fraction of sp³-hybridized carbons (Fsp3) is 0.250. The average Bonchev–Trinajstić information content (AvgIpc) is 2.72. The van der Waals surface area contributed by atoms with Gasteiger partial charge in [0.05, 0.1) is 0 Å². The SMILES string of the molecule is C[C@H](OC(=O)[C@@H]1COc2ccccc2O1)C(=O)NC(=O)NCc1ccccc1. The third-order valence-electron chi connectivity index (χ3n) is 3.97. The number of amides is 3. The number of benzene rings is 2. The lowest BCUT2D eigenvalue weighted by atomic mass is 10.2. The molecule has 146 valence electrons. The van der Waals surface area contributed by atoms with Gasteiger partial charge in [0, 0.05) is 6.54 Å². The number of carbonyl (C=O) groups excluding carboxylic acids is 3. The maximum absolute atomic E-state index is 12.2. The molecule has 3 rings (SSSR count). The third-order valence-corrected chi connectivity index (χ3v) is 3.97. The number of carbonyl (C=O) groups is 3. The predicted octanol–water partition coefficient (Wildman–Crippen LogP) is 1.78. The van der Waals surface area contributed by atoms with E-state index < -0.39 is 30.1 Å². The summed E-state index contributed by atoms with van der Waals surface area (Å²) in [4.78, 5) is 36.1. The number of urea groups is 1. The molecule has 0 fully saturated rings. The molecule has 28 heavy (non-hydrogen) atoms. The summed E-state index contributed by atoms with van der Waals surface area (Å²) in [5, 5.41) is 4.69. The molecular formula is C20H20N2O6. The van der Waals surface area contributed by atoms with Gasteiger partial charge in [0.2, 0.25) is 6.10 Å². The van der Waals surface area contributed by atoms with E-state index in [4.69, 9.17) is 14.2 Å². The van der Waals surface area contributed by atoms with Crippen molar-refractivity contribution < 1.29 is 28.6 Å². The van der Waals surface area contributed by atoms with Gasteiger partial charge < -0.3 is 19.5 Å². The van der Waals surface area contributed by atoms with Crippen LogP contribution in [0, 0.1) is 0 Å². The van der Waals surface area contributed by atoms with E-state index in [0.29, 0.717) is 11.5 Å². The highest BCUT2D eigenvalue weighted by Gasteiger charge is 2.31. The number of esters is 1. The number of fused-ring (bicyclic) bond motifs is 1. The van der Waals surface area contributed by atoms with E-state index in [-0.39, 0.29) is 13.2 Å². The maximum Gasteiger partial charge on any atom is 0.351 e. The van der Waals surface area contributed by atoms with Crippen molar-refractivity contribution in [2.75, 3.05) is 6.61 Å². The van der Waals surface area contributed by atoms with Gasteiger partial charge in [0.25, 0.3) is 5.91 Å². The average molecular weight is 384 g/mol. The number of hydrogen-bond acceptors (Lipinski definition) is 6. The highest BCUT2D eigenvalue weighted by molar-refractivity contribution is 5.97. The molecule has 1 heterocycles. The second kappa shape index (κ2) is 8.90. The van der Waals surface area contributed by atoms with Crippen molar-refractivity contribution in [1.82, 2.24) is 10.6 Å². The number of para-hydroxylation sites is 2. The molecule has 0 spiro atoms. The predicted molar refractivity (Wildman–Crippen MR) is 98.7 cm³/mol. The van der Waals surface area contributed by atoms with Gasteiger partial charge >= 0.3 is 12.0 Å². The second-order valence-electron chi connectivity index (χ2n) is 6.10. The minimum Gasteiger partial charge on any atom is -0.485 e. The van der Waals surface area contributed by atoms with Gasteiger partial charge in [0.15, 0.2) is 17.6 Å². The fourth-order valence-electron chi connectivity index (χ4n) is 2.48. The molecule has 0 radical (unpaired) electrons. The lowest BCUT2D eigenvalue weighted by molar-refractivity contribution is -0.163. The number of imide groups is 1. The van der Waals surface area contributed by atoms with E-state index in [1.807, 2.05) is 30.3 Å². The third kappa shape index (κ3) is 5.00. The second-order valence-corrected chi connectivity index (χ2v) is 6.10. The smallest absolute Gasteiger partial charge is 0.351 e. The van der Waals surface area contributed by atoms with Crippen LogP contribution in [0.2, 0.25) is 0 Å². The highest BCUT2D eigenvalue weighted by Crippen LogP contribution is 2.31. The van der Waals surface area contributed by atoms with Crippen LogP contribution in [0.4, 0.5) is 4.79 Å². The van der Waals surface area contributed by atoms with Crippen molar-refractivity contribution in [1.29, 1.82) is 0 Å². The summed E-state index contributed by atoms with van der Waals surface area (Å²) < 4.78 is 16.1. The van der Waals surface area contributed by atoms with Crippen LogP contribution in [0.25, 0.3) is 0 Å². The van der Waals surface area contributed by atoms with Gasteiger partial charge in [-0.25, -0.2) is 9.59 Å². The van der Waals surface area contributed by atoms with Crippen LogP contribution >= 0.6 is 0 Å². The van der Waals surface area contributed by atoms with E-state index >= 15 is 0 Å². The first kappa shape index (κ1) is 19.2. The van der Waals surface area contributed by atoms with E-state index in [0.717, 1.165) is 5.56 Å². The highest BCUT2D eigenvalue weighted by atomic mass is 16.6. The molecule has 0 aromatic heterocycles. The van der Waals surface area contributed by atoms with Crippen LogP contribution in [-0.4, -0.2) is 36.7 Å². The summed E-state index contributed by atoms with van der Waals surface area (Å²) in [5.74, 6) is -0.529. The Morgan fingerprint density at radius 1 is 1.07 bits per heavy atom. The summed E-state index contributed by atoms with van der Waals surface area (Å²) in [7, 11) is 0. The zero-order valence-electron chi connectivity index (χ0n) is 15.2. The Labute approximate surface area is 161 Å². The Kier molecular flexibility index (Phi) is 6.11. The number of nitrogens with one attached hydrogen (secondary N) is 2. The van der Waals surface area contributed by atoms with Crippen LogP contribution in [0.5, 0.6) is 11.5 Å². The molecule has 3 amide bonds. The molecule has 8 heteroatoms. The van der Waals surface area contributed by atoms with Crippen molar-refractivity contribution in [3.05, 3.63) is 60.2 Å². The number of ether oxygens (including phenoxy) is 3. The standard InChI is InChI=1S/C20H20N2O6/c1-13(18(23)22-20(25)21-11-14-7-3-2-4-8-14)27-19(24)17-12-26-15-9-5-6-10-16(15)28-17/h2-10,13,17H,11-12H2,1H3,(H2,21,22,23,25)/t13-,17-/m0/s1. The quantitative estimate of drug-likeness (QED) is 0.762. The van der Waals surface area contributed by atoms with Crippen molar-refractivity contribution in [3.63, 3.8) is 0 Å². The molecule has 0 saturated heterocycles. The molecule has 0 bridgehead atoms. The minimum absolute atomic E-state index is 0.0260. The first-order chi connectivity index (χ1) is 13.5. The van der Waals surface area contributed by atoms with Gasteiger partial charge in [-0.05, 0) is 24.6 Å². The van der Waals surface area contributed by atoms with E-state index in [9.17, 15) is 14.4 Å². The van der Waals surface area contributed by atoms with Crippen LogP contribution in [-0.2, 0) is 20.9 Å². The summed E-state index contributed by atoms with van der Waals surface area (Å²) in [6, 6.07) is 15.5. The number of rotatable bonds is 5. The Hall–Kier alpha value is -3.55. The van der Waals surface area contributed by atoms with Crippen molar-refractivity contribution in [2.24, 2.45) is 0 Å². The molecule has 2 atom stereocenters. The van der Waals surface area contributed by atoms with Crippen molar-refractivity contribution in [3.8, 4) is 11.5 Å². The van der Waals surface area contributed by atoms with E-state index in [1.54, 1.807) is 24.3 Å². The monoisotopic (exact) mass is 384 g/mol. The lowest BCUT2D eigenvalue weighted by Gasteiger charge is -2.25. The summed E-state index contributed by atoms with van der Waals surface area (Å²) in [6.07, 6.45) is -2.16. The van der Waals surface area contributed by atoms with Crippen molar-refractivity contribution >= 4 is 17.9 Å². The van der Waals surface area contributed by atoms with Gasteiger partial charge in [0.1, 0.15) is 6.61 Å². The molecule has 2 aromatic rings. The minimum atomic E-state index is -1.17. The van der Waals surface area contributed by atoms with Crippen LogP contribution in [0.15, 0.2) is 54.6 Å². The van der Waals surface area contributed by atoms with Crippen LogP contribution in [0.3, 0.4) is 0 Å². The molecule has 0 unspecified atom stereocenters. The molecule has 8 nitrogen and oxygen atoms in total. The Morgan fingerprint density at radius 2 is 1.75 bits per heavy atom. The van der Waals surface area contributed by atoms with Gasteiger partial charge in [-0.1, -0.05) is 42.5 Å². The topological polar surface area (TPSA) is 103 Å². The molecule has 1 aliphatic heterocycles. The molecule has 1 aliphatic rings. The molecule has 0 aliphatic carbocycles. The zero-order valence-corrected chi connectivity index (χ0v) is 15.2. The first-order valence-corrected chi connectivity index (χ1v) is 8.74. The van der Waals surface area contributed by atoms with E-state index in [1.165, 1.54) is 6.92 Å². The van der Waals surface area contributed by atoms with E-state index in [2.05, 4.69) is 10.6 Å². The van der Waals surface area contributed by atoms with Crippen LogP contribution < -0.4 is 20.1 Å². The maximum atomic E-state index is 12.2. The largest absolute Gasteiger partial charge is 0.485 e. The van der Waals surface area contributed by atoms with Gasteiger partial charge in [-0.3, -0.25) is 10.1 Å². The lowest BCUT2D eigenvalue weighted by Crippen LogP contribution is -2.46. The van der Waals surface area contributed by atoms with Gasteiger partial charge in [-0.15, -0.1) is 0 Å². The fourth-order valence-corrected chi connectivity index (χ4v) is 2.48. The zero-order chi connectivity index (χ0) is 19.9. The normalized spacial score (nSPS) is 15.8. The summed E-state index contributed by atoms with van der Waals surface area (Å²) >= 11 is 0. The summed E-state index contributed by atoms with van der Waals surface area (Å²) in [5.41, 5.74) is 0.888. The summed E-state index contributed by atoms with van der Waals surface area (Å²) in [6.45, 7) is 1.61. The van der Waals surface area contributed by atoms with Crippen LogP contribution in [0.1, 0.15) is 12.5 Å². The molecule has 0 saturated carbocycles. The molecule has 2 N–H and O–H groups in total. The Bertz CT molecular complexity index is 855. The van der Waals surface area contributed by atoms with Gasteiger partial charge in [-0.2, -0.15) is 0 Å². The Morgan fingerprint density at radius 3 is 2.50 bits per heavy atom. The molecular weight excluding hydrogens is 364 g/mol.